The second kappa shape index (κ2) is 7.16. The SMILES string of the molecule is CC(C)c1nc(CN2C(=O)C(=O)N(CCC3=CCCCC3)C2=O)no1. The lowest BCUT2D eigenvalue weighted by atomic mass is 9.97. The first-order chi connectivity index (χ1) is 12.0. The Labute approximate surface area is 145 Å². The van der Waals surface area contributed by atoms with E-state index in [1.165, 1.54) is 12.0 Å². The van der Waals surface area contributed by atoms with Crippen molar-refractivity contribution < 1.29 is 18.9 Å². The van der Waals surface area contributed by atoms with Gasteiger partial charge in [0.05, 0.1) is 6.54 Å². The third kappa shape index (κ3) is 3.62. The molecule has 0 unspecified atom stereocenters. The summed E-state index contributed by atoms with van der Waals surface area (Å²) in [5, 5.41) is 3.77. The van der Waals surface area contributed by atoms with Crippen LogP contribution in [0.25, 0.3) is 0 Å². The molecule has 1 fully saturated rings. The number of amides is 4. The van der Waals surface area contributed by atoms with Crippen molar-refractivity contribution in [3.05, 3.63) is 23.4 Å². The number of allylic oxidation sites excluding steroid dienone is 1. The molecule has 1 aliphatic carbocycles. The molecule has 0 bridgehead atoms. The zero-order valence-corrected chi connectivity index (χ0v) is 14.5. The van der Waals surface area contributed by atoms with E-state index in [1.807, 2.05) is 13.8 Å². The summed E-state index contributed by atoms with van der Waals surface area (Å²) in [7, 11) is 0. The molecule has 134 valence electrons. The fourth-order valence-electron chi connectivity index (χ4n) is 2.98. The van der Waals surface area contributed by atoms with Gasteiger partial charge in [0.25, 0.3) is 0 Å². The highest BCUT2D eigenvalue weighted by molar-refractivity contribution is 6.44. The lowest BCUT2D eigenvalue weighted by Gasteiger charge is -2.17. The highest BCUT2D eigenvalue weighted by Gasteiger charge is 2.44. The molecule has 0 saturated carbocycles. The average Bonchev–Trinajstić information content (AvgIpc) is 3.15. The van der Waals surface area contributed by atoms with E-state index < -0.39 is 17.8 Å². The summed E-state index contributed by atoms with van der Waals surface area (Å²) in [6, 6.07) is -0.609. The molecule has 3 rings (SSSR count). The highest BCUT2D eigenvalue weighted by atomic mass is 16.5. The second-order valence-corrected chi connectivity index (χ2v) is 6.69. The van der Waals surface area contributed by atoms with Crippen LogP contribution >= 0.6 is 0 Å². The van der Waals surface area contributed by atoms with Crippen LogP contribution in [0.1, 0.15) is 63.6 Å². The van der Waals surface area contributed by atoms with E-state index >= 15 is 0 Å². The molecule has 8 heteroatoms. The van der Waals surface area contributed by atoms with Crippen LogP contribution in [0.4, 0.5) is 4.79 Å². The maximum atomic E-state index is 12.4. The Morgan fingerprint density at radius 2 is 1.92 bits per heavy atom. The lowest BCUT2D eigenvalue weighted by Crippen LogP contribution is -2.34. The predicted octanol–water partition coefficient (Wildman–Crippen LogP) is 2.37. The van der Waals surface area contributed by atoms with Crippen LogP contribution in [0.2, 0.25) is 0 Å². The van der Waals surface area contributed by atoms with Gasteiger partial charge < -0.3 is 4.52 Å². The predicted molar refractivity (Wildman–Crippen MR) is 87.2 cm³/mol. The van der Waals surface area contributed by atoms with E-state index in [4.69, 9.17) is 4.52 Å². The first-order valence-corrected chi connectivity index (χ1v) is 8.65. The van der Waals surface area contributed by atoms with Gasteiger partial charge in [-0.1, -0.05) is 30.7 Å². The van der Waals surface area contributed by atoms with Crippen LogP contribution in [0.5, 0.6) is 0 Å². The number of imide groups is 2. The van der Waals surface area contributed by atoms with Crippen molar-refractivity contribution in [1.82, 2.24) is 19.9 Å². The second-order valence-electron chi connectivity index (χ2n) is 6.69. The summed E-state index contributed by atoms with van der Waals surface area (Å²) in [4.78, 5) is 42.8. The van der Waals surface area contributed by atoms with Gasteiger partial charge in [0, 0.05) is 12.5 Å². The Hall–Kier alpha value is -2.51. The van der Waals surface area contributed by atoms with Gasteiger partial charge in [-0.3, -0.25) is 14.5 Å². The molecule has 8 nitrogen and oxygen atoms in total. The van der Waals surface area contributed by atoms with E-state index in [2.05, 4.69) is 16.2 Å². The number of aromatic nitrogens is 2. The third-order valence-corrected chi connectivity index (χ3v) is 4.45. The van der Waals surface area contributed by atoms with Gasteiger partial charge in [-0.25, -0.2) is 9.69 Å². The maximum Gasteiger partial charge on any atom is 0.334 e. The zero-order chi connectivity index (χ0) is 18.0. The number of carbonyl (C=O) groups is 3. The minimum atomic E-state index is -0.835. The Morgan fingerprint density at radius 3 is 2.56 bits per heavy atom. The Bertz CT molecular complexity index is 722. The van der Waals surface area contributed by atoms with Crippen LogP contribution in [0.3, 0.4) is 0 Å². The lowest BCUT2D eigenvalue weighted by molar-refractivity contribution is -0.143. The van der Waals surface area contributed by atoms with Crippen molar-refractivity contribution in [3.63, 3.8) is 0 Å². The summed E-state index contributed by atoms with van der Waals surface area (Å²) in [5.74, 6) is -0.919. The first-order valence-electron chi connectivity index (χ1n) is 8.65. The van der Waals surface area contributed by atoms with E-state index in [-0.39, 0.29) is 24.8 Å². The normalized spacial score (nSPS) is 18.5. The minimum Gasteiger partial charge on any atom is -0.339 e. The topological polar surface area (TPSA) is 96.6 Å². The van der Waals surface area contributed by atoms with Crippen LogP contribution in [-0.4, -0.2) is 44.3 Å². The number of hydrogen-bond donors (Lipinski definition) is 0. The Balaban J connectivity index is 1.65. The Morgan fingerprint density at radius 1 is 1.16 bits per heavy atom. The van der Waals surface area contributed by atoms with Gasteiger partial charge in [0.15, 0.2) is 5.82 Å². The van der Waals surface area contributed by atoms with Crippen LogP contribution in [0.15, 0.2) is 16.2 Å². The quantitative estimate of drug-likeness (QED) is 0.446. The number of urea groups is 1. The van der Waals surface area contributed by atoms with Gasteiger partial charge >= 0.3 is 17.8 Å². The smallest absolute Gasteiger partial charge is 0.334 e. The van der Waals surface area contributed by atoms with E-state index in [1.54, 1.807) is 0 Å². The molecule has 25 heavy (non-hydrogen) atoms. The summed E-state index contributed by atoms with van der Waals surface area (Å²) in [6.45, 7) is 3.87. The van der Waals surface area contributed by atoms with Crippen molar-refractivity contribution in [3.8, 4) is 0 Å². The molecule has 1 aromatic heterocycles. The minimum absolute atomic E-state index is 0.0492. The monoisotopic (exact) mass is 346 g/mol. The fraction of sp³-hybridized carbons (Fsp3) is 0.588. The molecule has 1 aromatic rings. The van der Waals surface area contributed by atoms with Gasteiger partial charge in [-0.05, 0) is 32.1 Å². The summed E-state index contributed by atoms with van der Waals surface area (Å²) in [6.07, 6.45) is 7.14. The van der Waals surface area contributed by atoms with Gasteiger partial charge in [0.1, 0.15) is 0 Å². The number of nitrogens with zero attached hydrogens (tertiary/aromatic N) is 4. The molecule has 0 atom stereocenters. The maximum absolute atomic E-state index is 12.4. The molecule has 0 aromatic carbocycles. The molecule has 0 N–H and O–H groups in total. The first kappa shape index (κ1) is 17.3. The van der Waals surface area contributed by atoms with Crippen LogP contribution in [-0.2, 0) is 16.1 Å². The molecule has 2 aliphatic rings. The van der Waals surface area contributed by atoms with E-state index in [0.29, 0.717) is 12.3 Å². The van der Waals surface area contributed by atoms with Crippen molar-refractivity contribution >= 4 is 17.8 Å². The number of carbonyl (C=O) groups excluding carboxylic acids is 3. The highest BCUT2D eigenvalue weighted by Crippen LogP contribution is 2.22. The molecule has 0 spiro atoms. The van der Waals surface area contributed by atoms with Crippen LogP contribution < -0.4 is 0 Å². The molecular formula is C17H22N4O4. The van der Waals surface area contributed by atoms with Crippen molar-refractivity contribution in [1.29, 1.82) is 0 Å². The van der Waals surface area contributed by atoms with Crippen molar-refractivity contribution in [2.45, 2.75) is 58.4 Å². The molecule has 1 saturated heterocycles. The molecule has 2 heterocycles. The zero-order valence-electron chi connectivity index (χ0n) is 14.5. The average molecular weight is 346 g/mol. The number of rotatable bonds is 6. The molecule has 0 radical (unpaired) electrons. The fourth-order valence-corrected chi connectivity index (χ4v) is 2.98. The van der Waals surface area contributed by atoms with Crippen molar-refractivity contribution in [2.24, 2.45) is 0 Å². The third-order valence-electron chi connectivity index (χ3n) is 4.45. The summed E-state index contributed by atoms with van der Waals surface area (Å²) >= 11 is 0. The standard InChI is InChI=1S/C17H22N4O4/c1-11(2)14-18-13(19-25-14)10-21-16(23)15(22)20(17(21)24)9-8-12-6-4-3-5-7-12/h6,11H,3-5,7-10H2,1-2H3. The molecular weight excluding hydrogens is 324 g/mol. The van der Waals surface area contributed by atoms with Crippen molar-refractivity contribution in [2.75, 3.05) is 6.54 Å². The summed E-state index contributed by atoms with van der Waals surface area (Å²) in [5.41, 5.74) is 1.25. The van der Waals surface area contributed by atoms with E-state index in [9.17, 15) is 14.4 Å². The molecule has 1 aliphatic heterocycles. The van der Waals surface area contributed by atoms with Crippen LogP contribution in [0, 0.1) is 0 Å². The van der Waals surface area contributed by atoms with Gasteiger partial charge in [0.2, 0.25) is 5.89 Å². The van der Waals surface area contributed by atoms with Gasteiger partial charge in [-0.2, -0.15) is 4.98 Å². The molecule has 4 amide bonds. The van der Waals surface area contributed by atoms with E-state index in [0.717, 1.165) is 29.1 Å². The number of hydrogen-bond acceptors (Lipinski definition) is 6. The van der Waals surface area contributed by atoms with Gasteiger partial charge in [-0.15, -0.1) is 0 Å². The largest absolute Gasteiger partial charge is 0.339 e. The summed E-state index contributed by atoms with van der Waals surface area (Å²) < 4.78 is 5.07. The Kier molecular flexibility index (Phi) is 4.96.